The molecule has 1 aromatic carbocycles. The van der Waals surface area contributed by atoms with Crippen molar-refractivity contribution in [3.8, 4) is 5.75 Å². The molecule has 0 aromatic heterocycles. The van der Waals surface area contributed by atoms with Gasteiger partial charge < -0.3 is 10.1 Å². The Morgan fingerprint density at radius 1 is 1.26 bits per heavy atom. The average molecular weight is 263 g/mol. The highest BCUT2D eigenvalue weighted by atomic mass is 19.1. The lowest BCUT2D eigenvalue weighted by molar-refractivity contribution is 0.292. The van der Waals surface area contributed by atoms with Gasteiger partial charge in [0.05, 0.1) is 0 Å². The summed E-state index contributed by atoms with van der Waals surface area (Å²) in [5.41, 5.74) is 0.862. The van der Waals surface area contributed by atoms with Crippen molar-refractivity contribution in [3.63, 3.8) is 0 Å². The fourth-order valence-corrected chi connectivity index (χ4v) is 2.79. The van der Waals surface area contributed by atoms with Crippen molar-refractivity contribution < 1.29 is 9.13 Å². The van der Waals surface area contributed by atoms with E-state index in [0.29, 0.717) is 6.61 Å². The van der Waals surface area contributed by atoms with Crippen LogP contribution in [0.3, 0.4) is 0 Å². The van der Waals surface area contributed by atoms with E-state index in [2.05, 4.69) is 5.32 Å². The number of halogens is 1. The molecule has 0 bridgehead atoms. The quantitative estimate of drug-likeness (QED) is 0.762. The van der Waals surface area contributed by atoms with Crippen LogP contribution in [0.5, 0.6) is 5.75 Å². The SMILES string of the molecule is Cc1cc(F)ccc1OCCNC(C1CC1)C1CC1. The van der Waals surface area contributed by atoms with Crippen LogP contribution in [-0.2, 0) is 0 Å². The molecule has 0 radical (unpaired) electrons. The van der Waals surface area contributed by atoms with Gasteiger partial charge in [-0.3, -0.25) is 0 Å². The van der Waals surface area contributed by atoms with Crippen LogP contribution in [0.1, 0.15) is 31.2 Å². The molecular formula is C16H22FNO. The maximum Gasteiger partial charge on any atom is 0.123 e. The summed E-state index contributed by atoms with van der Waals surface area (Å²) in [6, 6.07) is 5.40. The lowest BCUT2D eigenvalue weighted by Gasteiger charge is -2.18. The van der Waals surface area contributed by atoms with Crippen molar-refractivity contribution in [1.29, 1.82) is 0 Å². The largest absolute Gasteiger partial charge is 0.492 e. The van der Waals surface area contributed by atoms with E-state index in [1.54, 1.807) is 6.07 Å². The van der Waals surface area contributed by atoms with Crippen LogP contribution in [0.25, 0.3) is 0 Å². The van der Waals surface area contributed by atoms with E-state index in [-0.39, 0.29) is 5.82 Å². The Bertz CT molecular complexity index is 428. The second kappa shape index (κ2) is 5.49. The normalized spacial score (nSPS) is 18.9. The molecule has 0 spiro atoms. The van der Waals surface area contributed by atoms with Crippen LogP contribution in [0, 0.1) is 24.6 Å². The molecule has 2 fully saturated rings. The third kappa shape index (κ3) is 3.47. The molecule has 1 aromatic rings. The minimum atomic E-state index is -0.203. The topological polar surface area (TPSA) is 21.3 Å². The van der Waals surface area contributed by atoms with E-state index in [1.165, 1.54) is 37.8 Å². The third-order valence-corrected chi connectivity index (χ3v) is 4.14. The van der Waals surface area contributed by atoms with Gasteiger partial charge >= 0.3 is 0 Å². The molecule has 19 heavy (non-hydrogen) atoms. The maximum atomic E-state index is 13.0. The highest BCUT2D eigenvalue weighted by molar-refractivity contribution is 5.32. The molecule has 3 heteroatoms. The van der Waals surface area contributed by atoms with Crippen LogP contribution in [0.2, 0.25) is 0 Å². The zero-order valence-corrected chi connectivity index (χ0v) is 11.5. The van der Waals surface area contributed by atoms with Crippen molar-refractivity contribution >= 4 is 0 Å². The second-order valence-corrected chi connectivity index (χ2v) is 5.91. The molecule has 104 valence electrons. The summed E-state index contributed by atoms with van der Waals surface area (Å²) in [7, 11) is 0. The Morgan fingerprint density at radius 2 is 1.95 bits per heavy atom. The molecule has 2 nitrogen and oxygen atoms in total. The number of hydrogen-bond acceptors (Lipinski definition) is 2. The molecule has 0 atom stereocenters. The maximum absolute atomic E-state index is 13.0. The Labute approximate surface area is 114 Å². The van der Waals surface area contributed by atoms with Crippen LogP contribution < -0.4 is 10.1 Å². The van der Waals surface area contributed by atoms with Gasteiger partial charge in [-0.05, 0) is 68.2 Å². The molecule has 2 aliphatic rings. The van der Waals surface area contributed by atoms with Crippen molar-refractivity contribution in [1.82, 2.24) is 5.32 Å². The third-order valence-electron chi connectivity index (χ3n) is 4.14. The smallest absolute Gasteiger partial charge is 0.123 e. The Balaban J connectivity index is 1.42. The molecule has 0 aliphatic heterocycles. The predicted molar refractivity (Wildman–Crippen MR) is 73.9 cm³/mol. The zero-order valence-electron chi connectivity index (χ0n) is 11.5. The van der Waals surface area contributed by atoms with Crippen molar-refractivity contribution in [2.24, 2.45) is 11.8 Å². The molecule has 0 heterocycles. The number of benzene rings is 1. The molecule has 0 unspecified atom stereocenters. The van der Waals surface area contributed by atoms with Gasteiger partial charge in [-0.25, -0.2) is 4.39 Å². The predicted octanol–water partition coefficient (Wildman–Crippen LogP) is 3.29. The Morgan fingerprint density at radius 3 is 2.53 bits per heavy atom. The lowest BCUT2D eigenvalue weighted by Crippen LogP contribution is -2.36. The number of aryl methyl sites for hydroxylation is 1. The molecule has 2 aliphatic carbocycles. The van der Waals surface area contributed by atoms with E-state index >= 15 is 0 Å². The van der Waals surface area contributed by atoms with Crippen LogP contribution >= 0.6 is 0 Å². The van der Waals surface area contributed by atoms with E-state index in [1.807, 2.05) is 6.92 Å². The molecular weight excluding hydrogens is 241 g/mol. The summed E-state index contributed by atoms with van der Waals surface area (Å²) in [6.07, 6.45) is 5.58. The highest BCUT2D eigenvalue weighted by Crippen LogP contribution is 2.44. The van der Waals surface area contributed by atoms with E-state index in [0.717, 1.165) is 35.7 Å². The number of rotatable bonds is 7. The standard InChI is InChI=1S/C16H22FNO/c1-11-10-14(17)6-7-15(11)19-9-8-18-16(12-2-3-12)13-4-5-13/h6-7,10,12-13,16,18H,2-5,8-9H2,1H3. The van der Waals surface area contributed by atoms with Crippen LogP contribution in [0.4, 0.5) is 4.39 Å². The van der Waals surface area contributed by atoms with Gasteiger partial charge in [0.2, 0.25) is 0 Å². The van der Waals surface area contributed by atoms with E-state index in [4.69, 9.17) is 4.74 Å². The van der Waals surface area contributed by atoms with Crippen LogP contribution in [-0.4, -0.2) is 19.2 Å². The fraction of sp³-hybridized carbons (Fsp3) is 0.625. The first-order chi connectivity index (χ1) is 9.24. The number of ether oxygens (including phenoxy) is 1. The molecule has 3 rings (SSSR count). The summed E-state index contributed by atoms with van der Waals surface area (Å²) in [5.74, 6) is 2.42. The first-order valence-corrected chi connectivity index (χ1v) is 7.36. The van der Waals surface area contributed by atoms with Gasteiger partial charge in [-0.15, -0.1) is 0 Å². The molecule has 0 amide bonds. The summed E-state index contributed by atoms with van der Waals surface area (Å²) in [6.45, 7) is 3.42. The Hall–Kier alpha value is -1.09. The van der Waals surface area contributed by atoms with E-state index in [9.17, 15) is 4.39 Å². The van der Waals surface area contributed by atoms with Gasteiger partial charge in [0.15, 0.2) is 0 Å². The first-order valence-electron chi connectivity index (χ1n) is 7.36. The fourth-order valence-electron chi connectivity index (χ4n) is 2.79. The summed E-state index contributed by atoms with van der Waals surface area (Å²) >= 11 is 0. The van der Waals surface area contributed by atoms with Gasteiger partial charge in [-0.2, -0.15) is 0 Å². The minimum Gasteiger partial charge on any atom is -0.492 e. The first kappa shape index (κ1) is 12.9. The van der Waals surface area contributed by atoms with Gasteiger partial charge in [0, 0.05) is 12.6 Å². The monoisotopic (exact) mass is 263 g/mol. The number of hydrogen-bond donors (Lipinski definition) is 1. The molecule has 2 saturated carbocycles. The molecule has 0 saturated heterocycles. The molecule has 1 N–H and O–H groups in total. The minimum absolute atomic E-state index is 0.203. The van der Waals surface area contributed by atoms with Gasteiger partial charge in [-0.1, -0.05) is 0 Å². The van der Waals surface area contributed by atoms with Crippen molar-refractivity contribution in [2.75, 3.05) is 13.2 Å². The van der Waals surface area contributed by atoms with Gasteiger partial charge in [0.1, 0.15) is 18.2 Å². The summed E-state index contributed by atoms with van der Waals surface area (Å²) < 4.78 is 18.7. The zero-order chi connectivity index (χ0) is 13.2. The summed E-state index contributed by atoms with van der Waals surface area (Å²) in [5, 5.41) is 3.65. The average Bonchev–Trinajstić information content (AvgIpc) is 3.26. The van der Waals surface area contributed by atoms with Gasteiger partial charge in [0.25, 0.3) is 0 Å². The Kier molecular flexibility index (Phi) is 3.74. The summed E-state index contributed by atoms with van der Waals surface area (Å²) in [4.78, 5) is 0. The highest BCUT2D eigenvalue weighted by Gasteiger charge is 2.40. The van der Waals surface area contributed by atoms with Crippen molar-refractivity contribution in [3.05, 3.63) is 29.6 Å². The lowest BCUT2D eigenvalue weighted by atomic mass is 10.1. The number of nitrogens with one attached hydrogen (secondary N) is 1. The second-order valence-electron chi connectivity index (χ2n) is 5.91. The van der Waals surface area contributed by atoms with E-state index < -0.39 is 0 Å². The van der Waals surface area contributed by atoms with Crippen LogP contribution in [0.15, 0.2) is 18.2 Å². The van der Waals surface area contributed by atoms with Crippen molar-refractivity contribution in [2.45, 2.75) is 38.6 Å².